The molecule has 1 saturated carbocycles. The van der Waals surface area contributed by atoms with E-state index in [1.165, 1.54) is 12.1 Å². The number of nitrogens with zero attached hydrogens (tertiary/aromatic N) is 1. The third-order valence-electron chi connectivity index (χ3n) is 4.39. The minimum Gasteiger partial charge on any atom is -0.369 e. The first-order chi connectivity index (χ1) is 9.49. The van der Waals surface area contributed by atoms with E-state index in [9.17, 15) is 9.18 Å². The van der Waals surface area contributed by atoms with Crippen LogP contribution in [0.3, 0.4) is 0 Å². The molecule has 0 saturated heterocycles. The van der Waals surface area contributed by atoms with Gasteiger partial charge in [-0.15, -0.1) is 0 Å². The summed E-state index contributed by atoms with van der Waals surface area (Å²) in [6, 6.07) is 7.02. The lowest BCUT2D eigenvalue weighted by molar-refractivity contribution is -0.123. The van der Waals surface area contributed by atoms with Crippen LogP contribution in [0, 0.1) is 17.7 Å². The van der Waals surface area contributed by atoms with E-state index in [0.29, 0.717) is 5.92 Å². The van der Waals surface area contributed by atoms with Gasteiger partial charge in [0.1, 0.15) is 5.82 Å². The van der Waals surface area contributed by atoms with Gasteiger partial charge in [0.2, 0.25) is 5.91 Å². The standard InChI is InChI=1S/C16H23FN2O/c1-19(2)15(12-7-9-14(17)10-8-12)11-3-5-13(6-4-11)16(18)20/h7-11,13,15H,3-6H2,1-2H3,(H2,18,20). The van der Waals surface area contributed by atoms with E-state index in [0.717, 1.165) is 31.2 Å². The third kappa shape index (κ3) is 3.37. The van der Waals surface area contributed by atoms with E-state index < -0.39 is 0 Å². The lowest BCUT2D eigenvalue weighted by atomic mass is 9.76. The molecule has 2 rings (SSSR count). The SMILES string of the molecule is CN(C)C(c1ccc(F)cc1)C1CCC(C(N)=O)CC1. The van der Waals surface area contributed by atoms with Crippen molar-refractivity contribution in [1.29, 1.82) is 0 Å². The normalized spacial score (nSPS) is 24.6. The van der Waals surface area contributed by atoms with E-state index in [4.69, 9.17) is 5.73 Å². The number of amides is 1. The van der Waals surface area contributed by atoms with Gasteiger partial charge < -0.3 is 10.6 Å². The maximum atomic E-state index is 13.1. The Hall–Kier alpha value is -1.42. The molecule has 0 radical (unpaired) electrons. The molecule has 0 aromatic heterocycles. The predicted molar refractivity (Wildman–Crippen MR) is 77.5 cm³/mol. The first-order valence-electron chi connectivity index (χ1n) is 7.20. The number of nitrogens with two attached hydrogens (primary N) is 1. The van der Waals surface area contributed by atoms with Gasteiger partial charge >= 0.3 is 0 Å². The Bertz CT molecular complexity index is 450. The van der Waals surface area contributed by atoms with E-state index in [1.54, 1.807) is 0 Å². The van der Waals surface area contributed by atoms with Crippen LogP contribution in [0.5, 0.6) is 0 Å². The van der Waals surface area contributed by atoms with Gasteiger partial charge in [-0.25, -0.2) is 4.39 Å². The zero-order chi connectivity index (χ0) is 14.7. The Balaban J connectivity index is 2.10. The van der Waals surface area contributed by atoms with Crippen LogP contribution < -0.4 is 5.73 Å². The maximum absolute atomic E-state index is 13.1. The van der Waals surface area contributed by atoms with Crippen molar-refractivity contribution in [3.63, 3.8) is 0 Å². The second kappa shape index (κ2) is 6.35. The molecule has 1 amide bonds. The Morgan fingerprint density at radius 1 is 1.20 bits per heavy atom. The number of carbonyl (C=O) groups excluding carboxylic acids is 1. The molecule has 0 spiro atoms. The van der Waals surface area contributed by atoms with Crippen LogP contribution in [-0.4, -0.2) is 24.9 Å². The Labute approximate surface area is 120 Å². The van der Waals surface area contributed by atoms with Gasteiger partial charge in [-0.1, -0.05) is 12.1 Å². The molecule has 0 aliphatic heterocycles. The summed E-state index contributed by atoms with van der Waals surface area (Å²) >= 11 is 0. The molecule has 1 aliphatic rings. The van der Waals surface area contributed by atoms with Crippen molar-refractivity contribution in [2.45, 2.75) is 31.7 Å². The Morgan fingerprint density at radius 3 is 2.20 bits per heavy atom. The number of hydrogen-bond donors (Lipinski definition) is 1. The second-order valence-electron chi connectivity index (χ2n) is 5.97. The molecule has 0 heterocycles. The summed E-state index contributed by atoms with van der Waals surface area (Å²) in [5.41, 5.74) is 6.52. The van der Waals surface area contributed by atoms with Crippen molar-refractivity contribution in [2.24, 2.45) is 17.6 Å². The van der Waals surface area contributed by atoms with E-state index in [2.05, 4.69) is 4.90 Å². The van der Waals surface area contributed by atoms with Gasteiger partial charge in [-0.05, 0) is 63.4 Å². The fourth-order valence-corrected chi connectivity index (χ4v) is 3.37. The molecule has 0 bridgehead atoms. The molecule has 1 unspecified atom stereocenters. The van der Waals surface area contributed by atoms with Crippen LogP contribution >= 0.6 is 0 Å². The highest BCUT2D eigenvalue weighted by molar-refractivity contribution is 5.76. The van der Waals surface area contributed by atoms with Gasteiger partial charge in [0.15, 0.2) is 0 Å². The molecule has 110 valence electrons. The molecule has 1 fully saturated rings. The largest absolute Gasteiger partial charge is 0.369 e. The summed E-state index contributed by atoms with van der Waals surface area (Å²) in [6.45, 7) is 0. The van der Waals surface area contributed by atoms with E-state index >= 15 is 0 Å². The zero-order valence-electron chi connectivity index (χ0n) is 12.2. The summed E-state index contributed by atoms with van der Waals surface area (Å²) in [4.78, 5) is 13.4. The predicted octanol–water partition coefficient (Wildman–Crippen LogP) is 2.72. The second-order valence-corrected chi connectivity index (χ2v) is 5.97. The highest BCUT2D eigenvalue weighted by Gasteiger charge is 2.31. The van der Waals surface area contributed by atoms with Gasteiger partial charge in [0.25, 0.3) is 0 Å². The van der Waals surface area contributed by atoms with Crippen molar-refractivity contribution in [2.75, 3.05) is 14.1 Å². The fourth-order valence-electron chi connectivity index (χ4n) is 3.37. The van der Waals surface area contributed by atoms with Crippen molar-refractivity contribution in [1.82, 2.24) is 4.90 Å². The number of halogens is 1. The average Bonchev–Trinajstić information content (AvgIpc) is 2.41. The lowest BCUT2D eigenvalue weighted by Crippen LogP contribution is -2.33. The van der Waals surface area contributed by atoms with Crippen molar-refractivity contribution < 1.29 is 9.18 Å². The molecule has 4 heteroatoms. The molecule has 20 heavy (non-hydrogen) atoms. The Kier molecular flexibility index (Phi) is 4.76. The first kappa shape index (κ1) is 15.0. The quantitative estimate of drug-likeness (QED) is 0.920. The van der Waals surface area contributed by atoms with Gasteiger partial charge in [-0.2, -0.15) is 0 Å². The molecular formula is C16H23FN2O. The summed E-state index contributed by atoms with van der Waals surface area (Å²) in [7, 11) is 4.10. The third-order valence-corrected chi connectivity index (χ3v) is 4.39. The van der Waals surface area contributed by atoms with Crippen LogP contribution in [-0.2, 0) is 4.79 Å². The molecule has 1 aromatic rings. The number of rotatable bonds is 4. The maximum Gasteiger partial charge on any atom is 0.220 e. The van der Waals surface area contributed by atoms with E-state index in [1.807, 2.05) is 26.2 Å². The Morgan fingerprint density at radius 2 is 1.75 bits per heavy atom. The number of benzene rings is 1. The molecule has 1 aliphatic carbocycles. The number of carbonyl (C=O) groups is 1. The molecule has 2 N–H and O–H groups in total. The summed E-state index contributed by atoms with van der Waals surface area (Å²) in [6.07, 6.45) is 3.72. The van der Waals surface area contributed by atoms with Crippen LogP contribution in [0.2, 0.25) is 0 Å². The number of hydrogen-bond acceptors (Lipinski definition) is 2. The van der Waals surface area contributed by atoms with Gasteiger partial charge in [-0.3, -0.25) is 4.79 Å². The molecular weight excluding hydrogens is 255 g/mol. The summed E-state index contributed by atoms with van der Waals surface area (Å²) in [5, 5.41) is 0. The van der Waals surface area contributed by atoms with Crippen molar-refractivity contribution in [3.05, 3.63) is 35.6 Å². The topological polar surface area (TPSA) is 46.3 Å². The van der Waals surface area contributed by atoms with Crippen LogP contribution in [0.15, 0.2) is 24.3 Å². The molecule has 3 nitrogen and oxygen atoms in total. The van der Waals surface area contributed by atoms with Crippen LogP contribution in [0.1, 0.15) is 37.3 Å². The lowest BCUT2D eigenvalue weighted by Gasteiger charge is -2.37. The first-order valence-corrected chi connectivity index (χ1v) is 7.20. The van der Waals surface area contributed by atoms with Crippen molar-refractivity contribution in [3.8, 4) is 0 Å². The highest BCUT2D eigenvalue weighted by atomic mass is 19.1. The fraction of sp³-hybridized carbons (Fsp3) is 0.562. The highest BCUT2D eigenvalue weighted by Crippen LogP contribution is 2.39. The van der Waals surface area contributed by atoms with Crippen LogP contribution in [0.4, 0.5) is 4.39 Å². The minimum atomic E-state index is -0.205. The monoisotopic (exact) mass is 278 g/mol. The van der Waals surface area contributed by atoms with Gasteiger partial charge in [0, 0.05) is 12.0 Å². The van der Waals surface area contributed by atoms with Crippen molar-refractivity contribution >= 4 is 5.91 Å². The molecule has 1 atom stereocenters. The average molecular weight is 278 g/mol. The zero-order valence-corrected chi connectivity index (χ0v) is 12.2. The smallest absolute Gasteiger partial charge is 0.220 e. The van der Waals surface area contributed by atoms with Gasteiger partial charge in [0.05, 0.1) is 0 Å². The summed E-state index contributed by atoms with van der Waals surface area (Å²) < 4.78 is 13.1. The number of primary amides is 1. The van der Waals surface area contributed by atoms with E-state index in [-0.39, 0.29) is 23.7 Å². The summed E-state index contributed by atoms with van der Waals surface area (Å²) in [5.74, 6) is 0.142. The minimum absolute atomic E-state index is 0.0299. The van der Waals surface area contributed by atoms with Crippen LogP contribution in [0.25, 0.3) is 0 Å². The molecule has 1 aromatic carbocycles.